The van der Waals surface area contributed by atoms with E-state index in [-0.39, 0.29) is 23.3 Å². The third-order valence-electron chi connectivity index (χ3n) is 5.77. The van der Waals surface area contributed by atoms with Gasteiger partial charge in [-0.1, -0.05) is 18.6 Å². The zero-order valence-corrected chi connectivity index (χ0v) is 18.2. The number of hydrogen-bond acceptors (Lipinski definition) is 4. The predicted octanol–water partition coefficient (Wildman–Crippen LogP) is 5.24. The first kappa shape index (κ1) is 23.2. The zero-order valence-electron chi connectivity index (χ0n) is 18.2. The topological polar surface area (TPSA) is 63.1 Å². The maximum Gasteiger partial charge on any atom is 0.280 e. The van der Waals surface area contributed by atoms with Crippen molar-refractivity contribution in [2.75, 3.05) is 18.4 Å². The number of pyridine rings is 1. The summed E-state index contributed by atoms with van der Waals surface area (Å²) in [6.45, 7) is 4.17. The van der Waals surface area contributed by atoms with Crippen LogP contribution in [0.15, 0.2) is 30.3 Å². The van der Waals surface area contributed by atoms with E-state index in [4.69, 9.17) is 0 Å². The van der Waals surface area contributed by atoms with E-state index in [1.165, 1.54) is 26.2 Å². The van der Waals surface area contributed by atoms with Crippen LogP contribution < -0.4 is 5.32 Å². The molecule has 33 heavy (non-hydrogen) atoms. The van der Waals surface area contributed by atoms with Crippen molar-refractivity contribution in [3.05, 3.63) is 52.8 Å². The number of carbonyl (C=O) groups excluding carboxylic acids is 1. The molecule has 2 aromatic heterocycles. The summed E-state index contributed by atoms with van der Waals surface area (Å²) in [6.07, 6.45) is -2.30. The van der Waals surface area contributed by atoms with E-state index < -0.39 is 30.0 Å². The van der Waals surface area contributed by atoms with E-state index >= 15 is 0 Å². The van der Waals surface area contributed by atoms with Gasteiger partial charge in [0.15, 0.2) is 5.65 Å². The number of fused-ring (bicyclic) bond motifs is 1. The number of piperidine rings is 1. The Hall–Kier alpha value is -3.01. The number of aromatic nitrogens is 3. The van der Waals surface area contributed by atoms with E-state index in [2.05, 4.69) is 20.3 Å². The second kappa shape index (κ2) is 9.86. The maximum absolute atomic E-state index is 13.5. The van der Waals surface area contributed by atoms with Crippen LogP contribution in [0.2, 0.25) is 0 Å². The van der Waals surface area contributed by atoms with E-state index in [0.717, 1.165) is 29.9 Å². The highest BCUT2D eigenvalue weighted by molar-refractivity contribution is 5.92. The molecule has 3 aromatic rings. The third kappa shape index (κ3) is 5.32. The number of amides is 1. The molecule has 1 saturated heterocycles. The van der Waals surface area contributed by atoms with Crippen LogP contribution in [-0.2, 0) is 17.9 Å². The number of hydrogen-bond donors (Lipinski definition) is 1. The quantitative estimate of drug-likeness (QED) is 0.487. The van der Waals surface area contributed by atoms with Crippen LogP contribution in [0.1, 0.15) is 54.6 Å². The van der Waals surface area contributed by atoms with E-state index in [1.54, 1.807) is 12.1 Å². The van der Waals surface area contributed by atoms with Gasteiger partial charge >= 0.3 is 0 Å². The molecule has 1 N–H and O–H groups in total. The van der Waals surface area contributed by atoms with Crippen molar-refractivity contribution in [3.63, 3.8) is 0 Å². The predicted molar refractivity (Wildman–Crippen MR) is 116 cm³/mol. The SMILES string of the molecule is Cc1nn(CC(=O)Nc2ccc(CN3CCCCC3)cc2)c2nc(C(F)F)cc(C(F)F)c12. The van der Waals surface area contributed by atoms with Gasteiger partial charge in [-0.25, -0.2) is 27.2 Å². The molecule has 0 unspecified atom stereocenters. The van der Waals surface area contributed by atoms with Gasteiger partial charge in [0.05, 0.1) is 11.1 Å². The summed E-state index contributed by atoms with van der Waals surface area (Å²) in [5, 5.41) is 6.83. The van der Waals surface area contributed by atoms with Gasteiger partial charge in [-0.05, 0) is 56.6 Å². The van der Waals surface area contributed by atoms with Gasteiger partial charge in [0.2, 0.25) is 5.91 Å². The molecule has 1 aliphatic heterocycles. The van der Waals surface area contributed by atoms with Crippen molar-refractivity contribution in [1.82, 2.24) is 19.7 Å². The second-order valence-corrected chi connectivity index (χ2v) is 8.26. The molecule has 0 radical (unpaired) electrons. The first-order valence-corrected chi connectivity index (χ1v) is 10.9. The van der Waals surface area contributed by atoms with E-state index in [0.29, 0.717) is 11.8 Å². The molecule has 10 heteroatoms. The first-order valence-electron chi connectivity index (χ1n) is 10.9. The Kier molecular flexibility index (Phi) is 6.92. The molecule has 0 bridgehead atoms. The minimum atomic E-state index is -3.02. The summed E-state index contributed by atoms with van der Waals surface area (Å²) in [7, 11) is 0. The molecule has 176 valence electrons. The van der Waals surface area contributed by atoms with Crippen LogP contribution in [0.4, 0.5) is 23.2 Å². The van der Waals surface area contributed by atoms with Crippen molar-refractivity contribution in [2.24, 2.45) is 0 Å². The fourth-order valence-corrected chi connectivity index (χ4v) is 4.21. The molecule has 0 saturated carbocycles. The molecule has 4 rings (SSSR count). The lowest BCUT2D eigenvalue weighted by atomic mass is 10.1. The average molecular weight is 463 g/mol. The Labute approximate surface area is 188 Å². The Morgan fingerprint density at radius 3 is 2.39 bits per heavy atom. The molecule has 3 heterocycles. The molecule has 1 aromatic carbocycles. The maximum atomic E-state index is 13.5. The van der Waals surface area contributed by atoms with Crippen LogP contribution in [-0.4, -0.2) is 38.7 Å². The minimum Gasteiger partial charge on any atom is -0.324 e. The summed E-state index contributed by atoms with van der Waals surface area (Å²) in [5.74, 6) is -0.467. The lowest BCUT2D eigenvalue weighted by Gasteiger charge is -2.26. The second-order valence-electron chi connectivity index (χ2n) is 8.26. The lowest BCUT2D eigenvalue weighted by molar-refractivity contribution is -0.116. The highest BCUT2D eigenvalue weighted by Gasteiger charge is 2.24. The number of nitrogens with zero attached hydrogens (tertiary/aromatic N) is 4. The Morgan fingerprint density at radius 2 is 1.76 bits per heavy atom. The standard InChI is InChI=1S/C23H25F4N5O/c1-14-20-17(21(24)25)11-18(22(26)27)29-23(20)32(30-14)13-19(33)28-16-7-5-15(6-8-16)12-31-9-3-2-4-10-31/h5-8,11,21-22H,2-4,9-10,12-13H2,1H3,(H,28,33). The minimum absolute atomic E-state index is 0.00994. The van der Waals surface area contributed by atoms with Crippen molar-refractivity contribution < 1.29 is 22.4 Å². The summed E-state index contributed by atoms with van der Waals surface area (Å²) in [6, 6.07) is 8.19. The molecule has 1 fully saturated rings. The summed E-state index contributed by atoms with van der Waals surface area (Å²) < 4.78 is 54.4. The molecular weight excluding hydrogens is 438 g/mol. The number of aryl methyl sites for hydroxylation is 1. The molecule has 1 amide bonds. The molecule has 0 aliphatic carbocycles. The van der Waals surface area contributed by atoms with Gasteiger partial charge in [-0.15, -0.1) is 0 Å². The van der Waals surface area contributed by atoms with Crippen LogP contribution in [0.5, 0.6) is 0 Å². The zero-order chi connectivity index (χ0) is 23.5. The average Bonchev–Trinajstić information content (AvgIpc) is 3.10. The Balaban J connectivity index is 1.48. The van der Waals surface area contributed by atoms with E-state index in [9.17, 15) is 22.4 Å². The Bertz CT molecular complexity index is 1120. The fraction of sp³-hybridized carbons (Fsp3) is 0.435. The summed E-state index contributed by atoms with van der Waals surface area (Å²) >= 11 is 0. The number of alkyl halides is 4. The highest BCUT2D eigenvalue weighted by atomic mass is 19.3. The van der Waals surface area contributed by atoms with Gasteiger partial charge in [0.25, 0.3) is 12.9 Å². The Morgan fingerprint density at radius 1 is 1.06 bits per heavy atom. The lowest BCUT2D eigenvalue weighted by Crippen LogP contribution is -2.29. The number of carbonyl (C=O) groups is 1. The fourth-order valence-electron chi connectivity index (χ4n) is 4.21. The molecule has 6 nitrogen and oxygen atoms in total. The van der Waals surface area contributed by atoms with Crippen LogP contribution in [0, 0.1) is 6.92 Å². The number of halogens is 4. The molecule has 0 spiro atoms. The van der Waals surface area contributed by atoms with Crippen molar-refractivity contribution >= 4 is 22.6 Å². The van der Waals surface area contributed by atoms with Gasteiger partial charge in [0.1, 0.15) is 12.2 Å². The van der Waals surface area contributed by atoms with Crippen LogP contribution >= 0.6 is 0 Å². The van der Waals surface area contributed by atoms with Crippen LogP contribution in [0.25, 0.3) is 11.0 Å². The highest BCUT2D eigenvalue weighted by Crippen LogP contribution is 2.32. The monoisotopic (exact) mass is 463 g/mol. The number of nitrogens with one attached hydrogen (secondary N) is 1. The largest absolute Gasteiger partial charge is 0.324 e. The van der Waals surface area contributed by atoms with E-state index in [1.807, 2.05) is 12.1 Å². The number of anilines is 1. The summed E-state index contributed by atoms with van der Waals surface area (Å²) in [5.41, 5.74) is 0.417. The van der Waals surface area contributed by atoms with Crippen LogP contribution in [0.3, 0.4) is 0 Å². The number of rotatable bonds is 7. The smallest absolute Gasteiger partial charge is 0.280 e. The normalized spacial score (nSPS) is 15.0. The molecular formula is C23H25F4N5O. The first-order chi connectivity index (χ1) is 15.8. The van der Waals surface area contributed by atoms with Gasteiger partial charge < -0.3 is 5.32 Å². The van der Waals surface area contributed by atoms with Gasteiger partial charge in [-0.2, -0.15) is 5.10 Å². The van der Waals surface area contributed by atoms with Crippen molar-refractivity contribution in [2.45, 2.75) is 52.1 Å². The number of benzene rings is 1. The van der Waals surface area contributed by atoms with Crippen molar-refractivity contribution in [1.29, 1.82) is 0 Å². The third-order valence-corrected chi connectivity index (χ3v) is 5.77. The number of likely N-dealkylation sites (tertiary alicyclic amines) is 1. The van der Waals surface area contributed by atoms with Crippen molar-refractivity contribution in [3.8, 4) is 0 Å². The van der Waals surface area contributed by atoms with Gasteiger partial charge in [-0.3, -0.25) is 9.69 Å². The van der Waals surface area contributed by atoms with Gasteiger partial charge in [0, 0.05) is 17.8 Å². The summed E-state index contributed by atoms with van der Waals surface area (Å²) in [4.78, 5) is 18.8. The molecule has 1 aliphatic rings. The molecule has 0 atom stereocenters.